The lowest BCUT2D eigenvalue weighted by atomic mass is 10.3. The topological polar surface area (TPSA) is 54.2 Å². The third-order valence-corrected chi connectivity index (χ3v) is 2.80. The van der Waals surface area contributed by atoms with Gasteiger partial charge >= 0.3 is 0 Å². The molecule has 1 aliphatic rings. The fourth-order valence-corrected chi connectivity index (χ4v) is 1.82. The minimum absolute atomic E-state index is 0.621. The minimum Gasteiger partial charge on any atom is -0.316 e. The molecule has 1 N–H and O–H groups in total. The van der Waals surface area contributed by atoms with E-state index in [-0.39, 0.29) is 0 Å². The van der Waals surface area contributed by atoms with Crippen LogP contribution in [0.5, 0.6) is 0 Å². The molecule has 5 nitrogen and oxygen atoms in total. The molecule has 0 amide bonds. The van der Waals surface area contributed by atoms with Gasteiger partial charge in [0.2, 0.25) is 0 Å². The Morgan fingerprint density at radius 3 is 3.00 bits per heavy atom. The summed E-state index contributed by atoms with van der Waals surface area (Å²) in [6, 6.07) is 0.621. The molecule has 1 fully saturated rings. The highest BCUT2D eigenvalue weighted by atomic mass is 16.6. The quantitative estimate of drug-likeness (QED) is 0.747. The molecule has 5 heteroatoms. The number of hydrogen-bond acceptors (Lipinski definition) is 5. The molecule has 1 aromatic rings. The minimum atomic E-state index is 0.621. The monoisotopic (exact) mass is 196 g/mol. The molecular weight excluding hydrogens is 180 g/mol. The fourth-order valence-electron chi connectivity index (χ4n) is 1.82. The van der Waals surface area contributed by atoms with Crippen molar-refractivity contribution >= 4 is 0 Å². The highest BCUT2D eigenvalue weighted by Crippen LogP contribution is 2.13. The van der Waals surface area contributed by atoms with E-state index in [9.17, 15) is 0 Å². The normalized spacial score (nSPS) is 23.1. The van der Waals surface area contributed by atoms with Gasteiger partial charge in [0, 0.05) is 25.7 Å². The van der Waals surface area contributed by atoms with Crippen LogP contribution in [0.1, 0.15) is 17.8 Å². The maximum atomic E-state index is 4.67. The zero-order valence-corrected chi connectivity index (χ0v) is 8.66. The van der Waals surface area contributed by atoms with Crippen molar-refractivity contribution in [2.75, 3.05) is 20.1 Å². The smallest absolute Gasteiger partial charge is 0.122 e. The van der Waals surface area contributed by atoms with Crippen LogP contribution in [0, 0.1) is 6.92 Å². The molecule has 0 aliphatic carbocycles. The van der Waals surface area contributed by atoms with Crippen LogP contribution in [-0.4, -0.2) is 41.4 Å². The van der Waals surface area contributed by atoms with Crippen LogP contribution in [0.4, 0.5) is 0 Å². The number of likely N-dealkylation sites (tertiary alicyclic amines) is 1. The van der Waals surface area contributed by atoms with Crippen LogP contribution in [0.3, 0.4) is 0 Å². The lowest BCUT2D eigenvalue weighted by Crippen LogP contribution is -2.29. The van der Waals surface area contributed by atoms with E-state index in [1.807, 2.05) is 14.0 Å². The van der Waals surface area contributed by atoms with Crippen molar-refractivity contribution in [3.8, 4) is 0 Å². The van der Waals surface area contributed by atoms with E-state index in [0.29, 0.717) is 6.04 Å². The van der Waals surface area contributed by atoms with Crippen LogP contribution in [0.2, 0.25) is 0 Å². The number of nitrogens with one attached hydrogen (secondary N) is 1. The number of aryl methyl sites for hydroxylation is 1. The van der Waals surface area contributed by atoms with E-state index >= 15 is 0 Å². The number of likely N-dealkylation sites (N-methyl/N-ethyl adjacent to an activating group) is 1. The molecule has 78 valence electrons. The summed E-state index contributed by atoms with van der Waals surface area (Å²) in [4.78, 5) is 2.37. The summed E-state index contributed by atoms with van der Waals surface area (Å²) < 4.78 is 4.67. The second kappa shape index (κ2) is 4.06. The Balaban J connectivity index is 1.90. The molecule has 1 saturated heterocycles. The predicted octanol–water partition coefficient (Wildman–Crippen LogP) is 0.172. The highest BCUT2D eigenvalue weighted by Gasteiger charge is 2.22. The van der Waals surface area contributed by atoms with Gasteiger partial charge in [0.25, 0.3) is 0 Å². The standard InChI is InChI=1S/C9H16N4O/c1-7-9(12-14-11-7)6-13-4-3-8(5-13)10-2/h8,10H,3-6H2,1-2H3. The van der Waals surface area contributed by atoms with E-state index in [0.717, 1.165) is 31.0 Å². The van der Waals surface area contributed by atoms with Crippen LogP contribution < -0.4 is 5.32 Å². The van der Waals surface area contributed by atoms with Gasteiger partial charge in [0.1, 0.15) is 11.4 Å². The van der Waals surface area contributed by atoms with Crippen molar-refractivity contribution in [1.82, 2.24) is 20.5 Å². The summed E-state index contributed by atoms with van der Waals surface area (Å²) in [5, 5.41) is 10.9. The predicted molar refractivity (Wildman–Crippen MR) is 51.8 cm³/mol. The first-order valence-corrected chi connectivity index (χ1v) is 4.97. The average Bonchev–Trinajstić information content (AvgIpc) is 2.77. The third-order valence-electron chi connectivity index (χ3n) is 2.80. The first-order chi connectivity index (χ1) is 6.79. The van der Waals surface area contributed by atoms with Crippen molar-refractivity contribution in [1.29, 1.82) is 0 Å². The molecule has 1 atom stereocenters. The molecular formula is C9H16N4O. The summed E-state index contributed by atoms with van der Waals surface area (Å²) in [7, 11) is 2.01. The molecule has 0 bridgehead atoms. The van der Waals surface area contributed by atoms with Crippen LogP contribution in [-0.2, 0) is 6.54 Å². The second-order valence-electron chi connectivity index (χ2n) is 3.81. The second-order valence-corrected chi connectivity index (χ2v) is 3.81. The molecule has 14 heavy (non-hydrogen) atoms. The summed E-state index contributed by atoms with van der Waals surface area (Å²) in [5.74, 6) is 0. The van der Waals surface area contributed by atoms with Gasteiger partial charge in [-0.25, -0.2) is 4.63 Å². The first-order valence-electron chi connectivity index (χ1n) is 4.97. The Labute approximate surface area is 83.4 Å². The SMILES string of the molecule is CNC1CCN(Cc2nonc2C)C1. The van der Waals surface area contributed by atoms with Gasteiger partial charge in [0.05, 0.1) is 0 Å². The summed E-state index contributed by atoms with van der Waals surface area (Å²) in [6.07, 6.45) is 1.21. The summed E-state index contributed by atoms with van der Waals surface area (Å²) in [5.41, 5.74) is 1.86. The van der Waals surface area contributed by atoms with Gasteiger partial charge < -0.3 is 5.32 Å². The van der Waals surface area contributed by atoms with Crippen molar-refractivity contribution in [3.63, 3.8) is 0 Å². The Bertz CT molecular complexity index is 299. The lowest BCUT2D eigenvalue weighted by molar-refractivity contribution is 0.281. The van der Waals surface area contributed by atoms with Crippen LogP contribution >= 0.6 is 0 Å². The third kappa shape index (κ3) is 1.93. The Hall–Kier alpha value is -0.940. The number of nitrogens with zero attached hydrogens (tertiary/aromatic N) is 3. The van der Waals surface area contributed by atoms with Crippen LogP contribution in [0.25, 0.3) is 0 Å². The fraction of sp³-hybridized carbons (Fsp3) is 0.778. The van der Waals surface area contributed by atoms with Crippen molar-refractivity contribution in [2.24, 2.45) is 0 Å². The van der Waals surface area contributed by atoms with Crippen molar-refractivity contribution in [2.45, 2.75) is 25.9 Å². The first kappa shape index (κ1) is 9.61. The van der Waals surface area contributed by atoms with E-state index in [1.54, 1.807) is 0 Å². The average molecular weight is 196 g/mol. The molecule has 0 aromatic carbocycles. The van der Waals surface area contributed by atoms with E-state index in [1.165, 1.54) is 6.42 Å². The number of hydrogen-bond donors (Lipinski definition) is 1. The van der Waals surface area contributed by atoms with Gasteiger partial charge in [-0.3, -0.25) is 4.90 Å². The van der Waals surface area contributed by atoms with Crippen LogP contribution in [0.15, 0.2) is 4.63 Å². The maximum Gasteiger partial charge on any atom is 0.122 e. The molecule has 1 aliphatic heterocycles. The van der Waals surface area contributed by atoms with Gasteiger partial charge in [0.15, 0.2) is 0 Å². The number of aromatic nitrogens is 2. The van der Waals surface area contributed by atoms with Gasteiger partial charge in [-0.1, -0.05) is 10.3 Å². The van der Waals surface area contributed by atoms with Gasteiger partial charge in [-0.05, 0) is 20.4 Å². The maximum absolute atomic E-state index is 4.67. The van der Waals surface area contributed by atoms with E-state index in [2.05, 4.69) is 25.2 Å². The van der Waals surface area contributed by atoms with Crippen molar-refractivity contribution < 1.29 is 4.63 Å². The zero-order chi connectivity index (χ0) is 9.97. The molecule has 2 heterocycles. The van der Waals surface area contributed by atoms with Gasteiger partial charge in [-0.2, -0.15) is 0 Å². The lowest BCUT2D eigenvalue weighted by Gasteiger charge is -2.13. The molecule has 2 rings (SSSR count). The van der Waals surface area contributed by atoms with Gasteiger partial charge in [-0.15, -0.1) is 0 Å². The Kier molecular flexibility index (Phi) is 2.79. The highest BCUT2D eigenvalue weighted by molar-refractivity contribution is 5.04. The molecule has 0 spiro atoms. The summed E-state index contributed by atoms with van der Waals surface area (Å²) >= 11 is 0. The Morgan fingerprint density at radius 2 is 2.43 bits per heavy atom. The molecule has 1 aromatic heterocycles. The molecule has 0 radical (unpaired) electrons. The van der Waals surface area contributed by atoms with E-state index in [4.69, 9.17) is 0 Å². The Morgan fingerprint density at radius 1 is 1.57 bits per heavy atom. The zero-order valence-electron chi connectivity index (χ0n) is 8.66. The largest absolute Gasteiger partial charge is 0.316 e. The van der Waals surface area contributed by atoms with Crippen molar-refractivity contribution in [3.05, 3.63) is 11.4 Å². The number of rotatable bonds is 3. The molecule has 1 unspecified atom stereocenters. The molecule has 0 saturated carbocycles. The van der Waals surface area contributed by atoms with E-state index < -0.39 is 0 Å². The summed E-state index contributed by atoms with van der Waals surface area (Å²) in [6.45, 7) is 4.99.